The van der Waals surface area contributed by atoms with Crippen molar-refractivity contribution in [2.24, 2.45) is 0 Å². The van der Waals surface area contributed by atoms with Crippen LogP contribution in [0, 0.1) is 0 Å². The molecule has 1 fully saturated rings. The van der Waals surface area contributed by atoms with Crippen LogP contribution in [0.5, 0.6) is 5.75 Å². The fourth-order valence-electron chi connectivity index (χ4n) is 2.75. The second-order valence-corrected chi connectivity index (χ2v) is 6.21. The molecule has 0 aliphatic carbocycles. The first kappa shape index (κ1) is 16.1. The molecule has 2 heterocycles. The molecule has 1 aliphatic rings. The van der Waals surface area contributed by atoms with Crippen LogP contribution < -0.4 is 10.9 Å². The van der Waals surface area contributed by atoms with E-state index < -0.39 is 0 Å². The molecular formula is C17H20ClN3O2. The number of hydrogen-bond donors (Lipinski definition) is 2. The maximum absolute atomic E-state index is 12.4. The van der Waals surface area contributed by atoms with Gasteiger partial charge in [0.05, 0.1) is 6.54 Å². The highest BCUT2D eigenvalue weighted by molar-refractivity contribution is 6.30. The van der Waals surface area contributed by atoms with Gasteiger partial charge in [0, 0.05) is 49.5 Å². The molecule has 1 aromatic carbocycles. The fourth-order valence-corrected chi connectivity index (χ4v) is 2.87. The van der Waals surface area contributed by atoms with Crippen LogP contribution in [0.15, 0.2) is 41.3 Å². The van der Waals surface area contributed by atoms with E-state index in [0.29, 0.717) is 23.7 Å². The molecule has 2 aromatic rings. The Balaban J connectivity index is 1.77. The van der Waals surface area contributed by atoms with Crippen LogP contribution in [-0.2, 0) is 13.1 Å². The van der Waals surface area contributed by atoms with Gasteiger partial charge in [0.2, 0.25) is 0 Å². The Morgan fingerprint density at radius 1 is 1.09 bits per heavy atom. The summed E-state index contributed by atoms with van der Waals surface area (Å²) in [5.74, 6) is -0.153. The number of rotatable bonds is 4. The topological polar surface area (TPSA) is 57.5 Å². The van der Waals surface area contributed by atoms with Gasteiger partial charge in [-0.2, -0.15) is 0 Å². The number of aromatic nitrogens is 1. The van der Waals surface area contributed by atoms with Crippen LogP contribution in [0.4, 0.5) is 0 Å². The highest BCUT2D eigenvalue weighted by atomic mass is 35.5. The summed E-state index contributed by atoms with van der Waals surface area (Å²) in [5.41, 5.74) is 1.29. The van der Waals surface area contributed by atoms with Gasteiger partial charge in [-0.1, -0.05) is 23.7 Å². The molecule has 0 saturated carbocycles. The molecule has 23 heavy (non-hydrogen) atoms. The molecule has 1 saturated heterocycles. The summed E-state index contributed by atoms with van der Waals surface area (Å²) in [6.45, 7) is 4.74. The van der Waals surface area contributed by atoms with Crippen molar-refractivity contribution >= 4 is 11.6 Å². The summed E-state index contributed by atoms with van der Waals surface area (Å²) in [7, 11) is 0. The van der Waals surface area contributed by atoms with Crippen molar-refractivity contribution < 1.29 is 5.11 Å². The number of benzene rings is 1. The summed E-state index contributed by atoms with van der Waals surface area (Å²) in [6, 6.07) is 9.16. The minimum absolute atomic E-state index is 0.153. The fraction of sp³-hybridized carbons (Fsp3) is 0.353. The Morgan fingerprint density at radius 3 is 2.48 bits per heavy atom. The lowest BCUT2D eigenvalue weighted by Crippen LogP contribution is -2.43. The van der Waals surface area contributed by atoms with Gasteiger partial charge in [-0.3, -0.25) is 9.69 Å². The second kappa shape index (κ2) is 7.17. The van der Waals surface area contributed by atoms with Gasteiger partial charge >= 0.3 is 0 Å². The zero-order chi connectivity index (χ0) is 16.2. The molecule has 1 aliphatic heterocycles. The Labute approximate surface area is 140 Å². The first-order valence-corrected chi connectivity index (χ1v) is 8.10. The molecule has 3 rings (SSSR count). The van der Waals surface area contributed by atoms with Crippen molar-refractivity contribution in [2.45, 2.75) is 13.1 Å². The number of pyridine rings is 1. The predicted molar refractivity (Wildman–Crippen MR) is 91.1 cm³/mol. The second-order valence-electron chi connectivity index (χ2n) is 5.78. The van der Waals surface area contributed by atoms with Gasteiger partial charge < -0.3 is 15.0 Å². The third-order valence-electron chi connectivity index (χ3n) is 4.09. The number of hydrogen-bond acceptors (Lipinski definition) is 4. The molecule has 6 heteroatoms. The predicted octanol–water partition coefficient (Wildman–Crippen LogP) is 1.66. The van der Waals surface area contributed by atoms with Crippen LogP contribution in [0.25, 0.3) is 0 Å². The smallest absolute Gasteiger partial charge is 0.293 e. The zero-order valence-corrected chi connectivity index (χ0v) is 13.6. The van der Waals surface area contributed by atoms with E-state index in [-0.39, 0.29) is 11.3 Å². The summed E-state index contributed by atoms with van der Waals surface area (Å²) < 4.78 is 1.51. The molecule has 0 atom stereocenters. The van der Waals surface area contributed by atoms with Gasteiger partial charge in [0.1, 0.15) is 0 Å². The van der Waals surface area contributed by atoms with Crippen LogP contribution in [0.1, 0.15) is 11.1 Å². The van der Waals surface area contributed by atoms with Crippen molar-refractivity contribution in [1.29, 1.82) is 0 Å². The molecule has 0 radical (unpaired) electrons. The number of aromatic hydroxyl groups is 1. The van der Waals surface area contributed by atoms with E-state index in [1.54, 1.807) is 18.3 Å². The van der Waals surface area contributed by atoms with E-state index in [2.05, 4.69) is 10.2 Å². The summed E-state index contributed by atoms with van der Waals surface area (Å²) >= 11 is 5.87. The minimum Gasteiger partial charge on any atom is -0.503 e. The Kier molecular flexibility index (Phi) is 5.00. The Morgan fingerprint density at radius 2 is 1.78 bits per heavy atom. The third-order valence-corrected chi connectivity index (χ3v) is 4.34. The van der Waals surface area contributed by atoms with Gasteiger partial charge in [0.25, 0.3) is 5.56 Å². The van der Waals surface area contributed by atoms with Crippen LogP contribution in [0.3, 0.4) is 0 Å². The molecule has 2 N–H and O–H groups in total. The standard InChI is InChI=1S/C17H20ClN3O2/c18-15-3-1-13(2-4-15)11-21-8-5-14(16(22)17(21)23)12-20-9-6-19-7-10-20/h1-5,8,19,22H,6-7,9-12H2. The van der Waals surface area contributed by atoms with E-state index in [9.17, 15) is 9.90 Å². The maximum atomic E-state index is 12.4. The van der Waals surface area contributed by atoms with Gasteiger partial charge in [-0.25, -0.2) is 0 Å². The molecule has 122 valence electrons. The average Bonchev–Trinajstić information content (AvgIpc) is 2.57. The molecule has 0 amide bonds. The SMILES string of the molecule is O=c1c(O)c(CN2CCNCC2)ccn1Cc1ccc(Cl)cc1. The first-order valence-electron chi connectivity index (χ1n) is 7.72. The van der Waals surface area contributed by atoms with E-state index in [4.69, 9.17) is 11.6 Å². The highest BCUT2D eigenvalue weighted by Gasteiger charge is 2.15. The minimum atomic E-state index is -0.354. The monoisotopic (exact) mass is 333 g/mol. The molecule has 0 bridgehead atoms. The van der Waals surface area contributed by atoms with Crippen molar-refractivity contribution in [3.8, 4) is 5.75 Å². The highest BCUT2D eigenvalue weighted by Crippen LogP contribution is 2.15. The van der Waals surface area contributed by atoms with Gasteiger partial charge in [-0.05, 0) is 23.8 Å². The lowest BCUT2D eigenvalue weighted by Gasteiger charge is -2.27. The molecule has 0 spiro atoms. The van der Waals surface area contributed by atoms with Crippen molar-refractivity contribution in [2.75, 3.05) is 26.2 Å². The van der Waals surface area contributed by atoms with E-state index >= 15 is 0 Å². The summed E-state index contributed by atoms with van der Waals surface area (Å²) in [6.07, 6.45) is 1.74. The van der Waals surface area contributed by atoms with Crippen molar-refractivity contribution in [1.82, 2.24) is 14.8 Å². The lowest BCUT2D eigenvalue weighted by atomic mass is 10.2. The lowest BCUT2D eigenvalue weighted by molar-refractivity contribution is 0.230. The maximum Gasteiger partial charge on any atom is 0.293 e. The number of halogens is 1. The normalized spacial score (nSPS) is 15.7. The van der Waals surface area contributed by atoms with Crippen molar-refractivity contribution in [3.05, 3.63) is 63.0 Å². The van der Waals surface area contributed by atoms with Gasteiger partial charge in [0.15, 0.2) is 5.75 Å². The van der Waals surface area contributed by atoms with E-state index in [1.165, 1.54) is 4.57 Å². The van der Waals surface area contributed by atoms with Crippen LogP contribution >= 0.6 is 11.6 Å². The third kappa shape index (κ3) is 3.93. The molecule has 0 unspecified atom stereocenters. The number of nitrogens with zero attached hydrogens (tertiary/aromatic N) is 2. The number of piperazine rings is 1. The Bertz CT molecular complexity index is 722. The molecular weight excluding hydrogens is 314 g/mol. The largest absolute Gasteiger partial charge is 0.503 e. The summed E-state index contributed by atoms with van der Waals surface area (Å²) in [4.78, 5) is 14.6. The molecule has 1 aromatic heterocycles. The zero-order valence-electron chi connectivity index (χ0n) is 12.8. The Hall–Kier alpha value is -1.82. The molecule has 5 nitrogen and oxygen atoms in total. The van der Waals surface area contributed by atoms with E-state index in [1.807, 2.05) is 18.2 Å². The first-order chi connectivity index (χ1) is 11.1. The number of nitrogens with one attached hydrogen (secondary N) is 1. The van der Waals surface area contributed by atoms with Gasteiger partial charge in [-0.15, -0.1) is 0 Å². The van der Waals surface area contributed by atoms with Crippen molar-refractivity contribution in [3.63, 3.8) is 0 Å². The van der Waals surface area contributed by atoms with Crippen LogP contribution in [-0.4, -0.2) is 40.8 Å². The quantitative estimate of drug-likeness (QED) is 0.893. The average molecular weight is 334 g/mol. The van der Waals surface area contributed by atoms with E-state index in [0.717, 1.165) is 31.7 Å². The summed E-state index contributed by atoms with van der Waals surface area (Å²) in [5, 5.41) is 14.2. The van der Waals surface area contributed by atoms with Crippen LogP contribution in [0.2, 0.25) is 5.02 Å².